The largest absolute Gasteiger partial charge is 0.481 e. The lowest BCUT2D eigenvalue weighted by molar-refractivity contribution is -0.138. The molecule has 0 aliphatic heterocycles. The zero-order valence-electron chi connectivity index (χ0n) is 7.82. The van der Waals surface area contributed by atoms with E-state index in [9.17, 15) is 13.6 Å². The molecule has 1 atom stereocenters. The molecule has 1 unspecified atom stereocenters. The minimum Gasteiger partial charge on any atom is -0.481 e. The fraction of sp³-hybridized carbons (Fsp3) is 0.500. The number of hydrogen-bond donors (Lipinski definition) is 1. The molecule has 4 nitrogen and oxygen atoms in total. The summed E-state index contributed by atoms with van der Waals surface area (Å²) in [5.41, 5.74) is 0.208. The van der Waals surface area contributed by atoms with Crippen LogP contribution in [0.3, 0.4) is 0 Å². The Kier molecular flexibility index (Phi) is 3.78. The van der Waals surface area contributed by atoms with Gasteiger partial charge in [0.25, 0.3) is 0 Å². The van der Waals surface area contributed by atoms with Crippen molar-refractivity contribution < 1.29 is 18.7 Å². The minimum absolute atomic E-state index is 0.208. The minimum atomic E-state index is -2.72. The van der Waals surface area contributed by atoms with E-state index in [-0.39, 0.29) is 5.69 Å². The second-order valence-corrected chi connectivity index (χ2v) is 3.87. The van der Waals surface area contributed by atoms with Crippen LogP contribution in [0.5, 0.6) is 0 Å². The molecule has 1 aromatic rings. The Morgan fingerprint density at radius 3 is 2.67 bits per heavy atom. The lowest BCUT2D eigenvalue weighted by Gasteiger charge is -2.13. The molecule has 0 aromatic carbocycles. The highest BCUT2D eigenvalue weighted by molar-refractivity contribution is 9.10. The zero-order valence-corrected chi connectivity index (χ0v) is 9.41. The first-order chi connectivity index (χ1) is 6.91. The smallest absolute Gasteiger partial charge is 0.304 e. The average molecular weight is 283 g/mol. The van der Waals surface area contributed by atoms with Gasteiger partial charge in [0.2, 0.25) is 6.43 Å². The molecule has 1 N–H and O–H groups in total. The Balaban J connectivity index is 2.98. The molecule has 84 valence electrons. The molecule has 15 heavy (non-hydrogen) atoms. The third-order valence-electron chi connectivity index (χ3n) is 1.96. The first-order valence-corrected chi connectivity index (χ1v) is 4.90. The molecular weight excluding hydrogens is 274 g/mol. The number of carboxylic acid groups (broad SMARTS) is 1. The normalized spacial score (nSPS) is 13.1. The summed E-state index contributed by atoms with van der Waals surface area (Å²) in [6, 6.07) is 1.40. The fourth-order valence-electron chi connectivity index (χ4n) is 1.30. The summed E-state index contributed by atoms with van der Waals surface area (Å²) in [5.74, 6) is -2.58. The van der Waals surface area contributed by atoms with E-state index in [2.05, 4.69) is 21.0 Å². The van der Waals surface area contributed by atoms with Crippen molar-refractivity contribution in [3.8, 4) is 0 Å². The van der Waals surface area contributed by atoms with E-state index in [4.69, 9.17) is 5.11 Å². The average Bonchev–Trinajstić information content (AvgIpc) is 2.40. The summed E-state index contributed by atoms with van der Waals surface area (Å²) in [6.07, 6.45) is -3.33. The summed E-state index contributed by atoms with van der Waals surface area (Å²) in [7, 11) is 1.50. The number of halogens is 3. The SMILES string of the molecule is Cn1nc(Br)cc1C(CC(=O)O)C(F)F. The second-order valence-electron chi connectivity index (χ2n) is 3.05. The van der Waals surface area contributed by atoms with E-state index >= 15 is 0 Å². The monoisotopic (exact) mass is 282 g/mol. The van der Waals surface area contributed by atoms with Gasteiger partial charge in [-0.1, -0.05) is 0 Å². The first kappa shape index (κ1) is 12.1. The molecular formula is C8H9BrF2N2O2. The molecule has 0 fully saturated rings. The van der Waals surface area contributed by atoms with Crippen LogP contribution in [0.15, 0.2) is 10.7 Å². The highest BCUT2D eigenvalue weighted by atomic mass is 79.9. The Morgan fingerprint density at radius 2 is 2.33 bits per heavy atom. The number of alkyl halides is 2. The van der Waals surface area contributed by atoms with Crippen LogP contribution in [0, 0.1) is 0 Å². The fourth-order valence-corrected chi connectivity index (χ4v) is 1.78. The van der Waals surface area contributed by atoms with Crippen molar-refractivity contribution in [1.82, 2.24) is 9.78 Å². The van der Waals surface area contributed by atoms with Crippen molar-refractivity contribution in [1.29, 1.82) is 0 Å². The molecule has 1 aromatic heterocycles. The molecule has 0 aliphatic carbocycles. The van der Waals surface area contributed by atoms with Crippen LogP contribution >= 0.6 is 15.9 Å². The van der Waals surface area contributed by atoms with Gasteiger partial charge >= 0.3 is 5.97 Å². The number of nitrogens with zero attached hydrogens (tertiary/aromatic N) is 2. The molecule has 0 saturated carbocycles. The van der Waals surface area contributed by atoms with Crippen molar-refractivity contribution >= 4 is 21.9 Å². The summed E-state index contributed by atoms with van der Waals surface area (Å²) in [5, 5.41) is 12.3. The van der Waals surface area contributed by atoms with Gasteiger partial charge in [-0.2, -0.15) is 5.10 Å². The first-order valence-electron chi connectivity index (χ1n) is 4.11. The third kappa shape index (κ3) is 2.98. The van der Waals surface area contributed by atoms with Gasteiger partial charge in [0.1, 0.15) is 4.60 Å². The Hall–Kier alpha value is -0.980. The highest BCUT2D eigenvalue weighted by Gasteiger charge is 2.28. The van der Waals surface area contributed by atoms with Crippen molar-refractivity contribution in [3.63, 3.8) is 0 Å². The van der Waals surface area contributed by atoms with Crippen molar-refractivity contribution in [2.24, 2.45) is 7.05 Å². The van der Waals surface area contributed by atoms with Gasteiger partial charge in [-0.3, -0.25) is 9.48 Å². The summed E-state index contributed by atoms with van der Waals surface area (Å²) >= 11 is 3.04. The van der Waals surface area contributed by atoms with Gasteiger partial charge < -0.3 is 5.11 Å². The predicted octanol–water partition coefficient (Wildman–Crippen LogP) is 2.01. The van der Waals surface area contributed by atoms with Gasteiger partial charge in [0.15, 0.2) is 0 Å². The molecule has 0 saturated heterocycles. The Morgan fingerprint density at radius 1 is 1.73 bits per heavy atom. The van der Waals surface area contributed by atoms with Crippen LogP contribution in [0.25, 0.3) is 0 Å². The third-order valence-corrected chi connectivity index (χ3v) is 2.35. The maximum atomic E-state index is 12.6. The van der Waals surface area contributed by atoms with E-state index < -0.39 is 24.7 Å². The molecule has 7 heteroatoms. The number of aromatic nitrogens is 2. The summed E-state index contributed by atoms with van der Waals surface area (Å²) in [6.45, 7) is 0. The molecule has 0 spiro atoms. The van der Waals surface area contributed by atoms with Crippen LogP contribution in [-0.4, -0.2) is 27.3 Å². The molecule has 0 amide bonds. The molecule has 1 rings (SSSR count). The van der Waals surface area contributed by atoms with E-state index in [1.807, 2.05) is 0 Å². The summed E-state index contributed by atoms with van der Waals surface area (Å²) < 4.78 is 26.9. The van der Waals surface area contributed by atoms with Crippen LogP contribution in [0.1, 0.15) is 18.0 Å². The number of rotatable bonds is 4. The number of hydrogen-bond acceptors (Lipinski definition) is 2. The van der Waals surface area contributed by atoms with E-state index in [1.165, 1.54) is 17.8 Å². The second kappa shape index (κ2) is 4.69. The van der Waals surface area contributed by atoms with Gasteiger partial charge in [-0.15, -0.1) is 0 Å². The quantitative estimate of drug-likeness (QED) is 0.919. The topological polar surface area (TPSA) is 55.1 Å². The van der Waals surface area contributed by atoms with Crippen molar-refractivity contribution in [2.75, 3.05) is 0 Å². The molecule has 0 radical (unpaired) electrons. The van der Waals surface area contributed by atoms with Crippen LogP contribution in [-0.2, 0) is 11.8 Å². The highest BCUT2D eigenvalue weighted by Crippen LogP contribution is 2.28. The van der Waals surface area contributed by atoms with Crippen molar-refractivity contribution in [3.05, 3.63) is 16.4 Å². The number of carbonyl (C=O) groups is 1. The van der Waals surface area contributed by atoms with E-state index in [0.717, 1.165) is 0 Å². The predicted molar refractivity (Wildman–Crippen MR) is 51.9 cm³/mol. The van der Waals surface area contributed by atoms with Crippen LogP contribution in [0.2, 0.25) is 0 Å². The van der Waals surface area contributed by atoms with Crippen LogP contribution in [0.4, 0.5) is 8.78 Å². The van der Waals surface area contributed by atoms with Gasteiger partial charge in [0.05, 0.1) is 12.3 Å². The van der Waals surface area contributed by atoms with Gasteiger partial charge in [0, 0.05) is 12.7 Å². The number of carboxylic acids is 1. The summed E-state index contributed by atoms with van der Waals surface area (Å²) in [4.78, 5) is 10.4. The molecule has 1 heterocycles. The Labute approximate surface area is 93.0 Å². The zero-order chi connectivity index (χ0) is 11.6. The lowest BCUT2D eigenvalue weighted by Crippen LogP contribution is -2.17. The lowest BCUT2D eigenvalue weighted by atomic mass is 10.0. The van der Waals surface area contributed by atoms with Gasteiger partial charge in [-0.25, -0.2) is 8.78 Å². The maximum absolute atomic E-state index is 12.6. The standard InChI is InChI=1S/C8H9BrF2N2O2/c1-13-5(3-6(9)12-13)4(8(10)11)2-7(14)15/h3-4,8H,2H2,1H3,(H,14,15). The van der Waals surface area contributed by atoms with Crippen molar-refractivity contribution in [2.45, 2.75) is 18.8 Å². The Bertz CT molecular complexity index is 368. The van der Waals surface area contributed by atoms with E-state index in [1.54, 1.807) is 0 Å². The molecule has 0 bridgehead atoms. The van der Waals surface area contributed by atoms with Crippen LogP contribution < -0.4 is 0 Å². The maximum Gasteiger partial charge on any atom is 0.304 e. The van der Waals surface area contributed by atoms with Gasteiger partial charge in [-0.05, 0) is 22.0 Å². The molecule has 0 aliphatic rings. The number of aliphatic carboxylic acids is 1. The number of aryl methyl sites for hydroxylation is 1. The van der Waals surface area contributed by atoms with E-state index in [0.29, 0.717) is 4.60 Å².